The second-order valence-corrected chi connectivity index (χ2v) is 17.8. The molecule has 24 heavy (non-hydrogen) atoms. The predicted octanol–water partition coefficient (Wildman–Crippen LogP) is 5.16. The monoisotopic (exact) mass is 446 g/mol. The average Bonchev–Trinajstić information content (AvgIpc) is 2.59. The van der Waals surface area contributed by atoms with Crippen molar-refractivity contribution in [3.8, 4) is 0 Å². The van der Waals surface area contributed by atoms with Gasteiger partial charge < -0.3 is 0 Å². The van der Waals surface area contributed by atoms with Crippen LogP contribution in [0.15, 0.2) is 24.8 Å². The van der Waals surface area contributed by atoms with Gasteiger partial charge in [-0.05, 0) is 0 Å². The number of carbonyl (C=O) groups excluding carboxylic acids is 2. The summed E-state index contributed by atoms with van der Waals surface area (Å²) in [5.74, 6) is -0.909. The van der Waals surface area contributed by atoms with E-state index in [9.17, 15) is 9.59 Å². The Morgan fingerprint density at radius 2 is 1.33 bits per heavy atom. The number of rotatable bonds is 14. The first kappa shape index (κ1) is 23.2. The molecule has 0 aliphatic carbocycles. The van der Waals surface area contributed by atoms with Crippen LogP contribution in [0.1, 0.15) is 59.3 Å². The van der Waals surface area contributed by atoms with Gasteiger partial charge in [0.25, 0.3) is 0 Å². The third-order valence-corrected chi connectivity index (χ3v) is 16.6. The molecule has 0 aliphatic rings. The number of hydrogen-bond donors (Lipinski definition) is 0. The Hall–Kier alpha value is -0.781. The van der Waals surface area contributed by atoms with E-state index in [0.717, 1.165) is 57.9 Å². The molecule has 0 fully saturated rings. The maximum absolute atomic E-state index is 12.2. The SMILES string of the molecule is C=CCOC(=O)C=CC(=O)[O][Sn]([CH2]CCC)([CH2]CCC)[CH2]CCC. The summed E-state index contributed by atoms with van der Waals surface area (Å²) in [6, 6.07) is 0. The van der Waals surface area contributed by atoms with E-state index in [-0.39, 0.29) is 12.6 Å². The van der Waals surface area contributed by atoms with Gasteiger partial charge in [-0.15, -0.1) is 0 Å². The molecule has 0 rings (SSSR count). The number of esters is 1. The molecular formula is C19H34O4Sn. The van der Waals surface area contributed by atoms with E-state index in [1.807, 2.05) is 0 Å². The van der Waals surface area contributed by atoms with Gasteiger partial charge in [-0.1, -0.05) is 0 Å². The molecule has 0 unspecified atom stereocenters. The van der Waals surface area contributed by atoms with Crippen molar-refractivity contribution in [1.29, 1.82) is 0 Å². The van der Waals surface area contributed by atoms with E-state index < -0.39 is 24.8 Å². The van der Waals surface area contributed by atoms with Gasteiger partial charge in [-0.3, -0.25) is 0 Å². The zero-order valence-corrected chi connectivity index (χ0v) is 18.5. The zero-order chi connectivity index (χ0) is 18.3. The standard InChI is InChI=1S/C7H8O4.3C4H9.Sn/c1-2-5-11-7(10)4-3-6(8)9;3*1-3-4-2;/h2-4H,1,5H2,(H,8,9);3*1,3-4H2,2H3;/q;;;;+1/p-1. The van der Waals surface area contributed by atoms with E-state index in [2.05, 4.69) is 27.4 Å². The number of hydrogen-bond acceptors (Lipinski definition) is 4. The van der Waals surface area contributed by atoms with Crippen LogP contribution in [-0.2, 0) is 17.4 Å². The average molecular weight is 445 g/mol. The Labute approximate surface area is 152 Å². The van der Waals surface area contributed by atoms with Crippen molar-refractivity contribution in [2.75, 3.05) is 6.61 Å². The molecule has 0 bridgehead atoms. The summed E-state index contributed by atoms with van der Waals surface area (Å²) in [7, 11) is 0. The summed E-state index contributed by atoms with van der Waals surface area (Å²) in [5, 5.41) is 0. The van der Waals surface area contributed by atoms with Gasteiger partial charge in [-0.2, -0.15) is 0 Å². The molecule has 0 radical (unpaired) electrons. The molecular weight excluding hydrogens is 411 g/mol. The van der Waals surface area contributed by atoms with Crippen molar-refractivity contribution < 1.29 is 17.4 Å². The fourth-order valence-electron chi connectivity index (χ4n) is 2.60. The first-order chi connectivity index (χ1) is 11.5. The molecule has 0 aromatic heterocycles. The van der Waals surface area contributed by atoms with Crippen LogP contribution < -0.4 is 0 Å². The Morgan fingerprint density at radius 3 is 1.75 bits per heavy atom. The van der Waals surface area contributed by atoms with E-state index in [1.54, 1.807) is 0 Å². The molecule has 5 heteroatoms. The normalized spacial score (nSPS) is 11.5. The third kappa shape index (κ3) is 10.9. The number of carbonyl (C=O) groups is 2. The second kappa shape index (κ2) is 14.6. The summed E-state index contributed by atoms with van der Waals surface area (Å²) in [5.41, 5.74) is 0. The van der Waals surface area contributed by atoms with Crippen LogP contribution in [0.3, 0.4) is 0 Å². The van der Waals surface area contributed by atoms with Crippen LogP contribution in [0.25, 0.3) is 0 Å². The summed E-state index contributed by atoms with van der Waals surface area (Å²) >= 11 is -2.95. The van der Waals surface area contributed by atoms with E-state index in [4.69, 9.17) is 7.81 Å². The minimum absolute atomic E-state index is 0.144. The molecule has 138 valence electrons. The summed E-state index contributed by atoms with van der Waals surface area (Å²) in [6.45, 7) is 10.1. The molecule has 0 aliphatic heterocycles. The van der Waals surface area contributed by atoms with Gasteiger partial charge >= 0.3 is 152 Å². The van der Waals surface area contributed by atoms with Crippen LogP contribution in [0.4, 0.5) is 0 Å². The second-order valence-electron chi connectivity index (χ2n) is 6.17. The summed E-state index contributed by atoms with van der Waals surface area (Å²) in [6.07, 6.45) is 10.6. The molecule has 0 aromatic carbocycles. The van der Waals surface area contributed by atoms with Crippen molar-refractivity contribution in [2.24, 2.45) is 0 Å². The van der Waals surface area contributed by atoms with E-state index in [0.29, 0.717) is 0 Å². The van der Waals surface area contributed by atoms with Gasteiger partial charge in [0.2, 0.25) is 0 Å². The van der Waals surface area contributed by atoms with Crippen LogP contribution in [0.5, 0.6) is 0 Å². The van der Waals surface area contributed by atoms with Crippen LogP contribution in [0.2, 0.25) is 13.3 Å². The van der Waals surface area contributed by atoms with E-state index in [1.165, 1.54) is 12.2 Å². The fraction of sp³-hybridized carbons (Fsp3) is 0.684. The number of unbranched alkanes of at least 4 members (excludes halogenated alkanes) is 3. The van der Waals surface area contributed by atoms with Crippen molar-refractivity contribution >= 4 is 30.7 Å². The minimum atomic E-state index is -2.95. The van der Waals surface area contributed by atoms with Gasteiger partial charge in [0.05, 0.1) is 0 Å². The van der Waals surface area contributed by atoms with Gasteiger partial charge in [0.1, 0.15) is 0 Å². The Morgan fingerprint density at radius 1 is 0.875 bits per heavy atom. The van der Waals surface area contributed by atoms with Gasteiger partial charge in [-0.25, -0.2) is 0 Å². The maximum atomic E-state index is 12.2. The van der Waals surface area contributed by atoms with Crippen LogP contribution in [0, 0.1) is 0 Å². The molecule has 0 saturated heterocycles. The Kier molecular flexibility index (Phi) is 14.1. The van der Waals surface area contributed by atoms with Crippen LogP contribution >= 0.6 is 0 Å². The first-order valence-corrected chi connectivity index (χ1v) is 16.4. The molecule has 0 amide bonds. The Bertz CT molecular complexity index is 382. The van der Waals surface area contributed by atoms with E-state index >= 15 is 0 Å². The first-order valence-electron chi connectivity index (χ1n) is 9.22. The molecule has 0 saturated carbocycles. The summed E-state index contributed by atoms with van der Waals surface area (Å²) in [4.78, 5) is 23.7. The Balaban J connectivity index is 4.90. The van der Waals surface area contributed by atoms with Crippen molar-refractivity contribution in [3.05, 3.63) is 24.8 Å². The fourth-order valence-corrected chi connectivity index (χ4v) is 15.6. The third-order valence-electron chi connectivity index (χ3n) is 3.97. The molecule has 0 aromatic rings. The van der Waals surface area contributed by atoms with Crippen molar-refractivity contribution in [1.82, 2.24) is 0 Å². The molecule has 0 heterocycles. The van der Waals surface area contributed by atoms with Gasteiger partial charge in [0.15, 0.2) is 0 Å². The molecule has 0 atom stereocenters. The van der Waals surface area contributed by atoms with Crippen molar-refractivity contribution in [2.45, 2.75) is 72.6 Å². The topological polar surface area (TPSA) is 52.6 Å². The molecule has 0 spiro atoms. The number of ether oxygens (including phenoxy) is 1. The van der Waals surface area contributed by atoms with Crippen LogP contribution in [-0.4, -0.2) is 37.3 Å². The zero-order valence-electron chi connectivity index (χ0n) is 15.6. The van der Waals surface area contributed by atoms with Gasteiger partial charge in [0, 0.05) is 0 Å². The predicted molar refractivity (Wildman–Crippen MR) is 101 cm³/mol. The molecule has 0 N–H and O–H groups in total. The summed E-state index contributed by atoms with van der Waals surface area (Å²) < 4.78 is 14.2. The molecule has 4 nitrogen and oxygen atoms in total. The quantitative estimate of drug-likeness (QED) is 0.161. The van der Waals surface area contributed by atoms with Crippen molar-refractivity contribution in [3.63, 3.8) is 0 Å².